The summed E-state index contributed by atoms with van der Waals surface area (Å²) < 4.78 is 0. The lowest BCUT2D eigenvalue weighted by Crippen LogP contribution is -2.47. The van der Waals surface area contributed by atoms with Crippen LogP contribution in [0, 0.1) is 12.3 Å². The average molecular weight is 276 g/mol. The summed E-state index contributed by atoms with van der Waals surface area (Å²) in [6.07, 6.45) is 2.09. The number of nitrogens with one attached hydrogen (secondary N) is 1. The van der Waals surface area contributed by atoms with Gasteiger partial charge < -0.3 is 16.2 Å². The number of anilines is 1. The smallest absolute Gasteiger partial charge is 0.311 e. The summed E-state index contributed by atoms with van der Waals surface area (Å²) in [4.78, 5) is 23.7. The zero-order chi connectivity index (χ0) is 14.9. The van der Waals surface area contributed by atoms with Gasteiger partial charge in [-0.25, -0.2) is 0 Å². The van der Waals surface area contributed by atoms with Crippen molar-refractivity contribution >= 4 is 17.6 Å². The van der Waals surface area contributed by atoms with Gasteiger partial charge in [-0.1, -0.05) is 12.5 Å². The van der Waals surface area contributed by atoms with Gasteiger partial charge in [-0.3, -0.25) is 9.59 Å². The summed E-state index contributed by atoms with van der Waals surface area (Å²) >= 11 is 0. The van der Waals surface area contributed by atoms with Crippen molar-refractivity contribution in [3.63, 3.8) is 0 Å². The topological polar surface area (TPSA) is 92.4 Å². The number of carboxylic acid groups (broad SMARTS) is 1. The van der Waals surface area contributed by atoms with E-state index in [4.69, 9.17) is 5.73 Å². The van der Waals surface area contributed by atoms with Gasteiger partial charge in [0, 0.05) is 17.3 Å². The molecule has 4 N–H and O–H groups in total. The van der Waals surface area contributed by atoms with Crippen LogP contribution in [0.4, 0.5) is 5.69 Å². The van der Waals surface area contributed by atoms with E-state index in [0.717, 1.165) is 12.0 Å². The summed E-state index contributed by atoms with van der Waals surface area (Å²) in [5, 5.41) is 12.2. The summed E-state index contributed by atoms with van der Waals surface area (Å²) in [7, 11) is 0. The van der Waals surface area contributed by atoms with E-state index in [0.29, 0.717) is 24.1 Å². The van der Waals surface area contributed by atoms with E-state index in [9.17, 15) is 14.7 Å². The van der Waals surface area contributed by atoms with Crippen LogP contribution in [0.3, 0.4) is 0 Å². The third-order valence-corrected chi connectivity index (χ3v) is 4.37. The van der Waals surface area contributed by atoms with E-state index in [1.165, 1.54) is 0 Å². The minimum Gasteiger partial charge on any atom is -0.481 e. The second-order valence-corrected chi connectivity index (χ2v) is 5.66. The highest BCUT2D eigenvalue weighted by Crippen LogP contribution is 2.38. The number of aliphatic carboxylic acids is 1. The number of carbonyl (C=O) groups excluding carboxylic acids is 1. The maximum absolute atomic E-state index is 12.3. The molecule has 0 spiro atoms. The van der Waals surface area contributed by atoms with Gasteiger partial charge in [0.1, 0.15) is 0 Å². The molecule has 1 saturated carbocycles. The highest BCUT2D eigenvalue weighted by Gasteiger charge is 2.46. The fourth-order valence-electron chi connectivity index (χ4n) is 2.79. The number of amides is 1. The molecule has 1 aromatic rings. The molecule has 0 aliphatic heterocycles. The molecule has 2 rings (SSSR count). The van der Waals surface area contributed by atoms with Crippen LogP contribution in [0.25, 0.3) is 0 Å². The van der Waals surface area contributed by atoms with Gasteiger partial charge in [0.2, 0.25) is 0 Å². The number of nitrogen functional groups attached to an aromatic ring is 1. The highest BCUT2D eigenvalue weighted by atomic mass is 16.4. The summed E-state index contributed by atoms with van der Waals surface area (Å²) in [6, 6.07) is 4.83. The Morgan fingerprint density at radius 3 is 2.80 bits per heavy atom. The van der Waals surface area contributed by atoms with Crippen LogP contribution in [-0.4, -0.2) is 23.0 Å². The number of nitrogens with two attached hydrogens (primary N) is 1. The molecule has 2 unspecified atom stereocenters. The highest BCUT2D eigenvalue weighted by molar-refractivity contribution is 5.97. The molecule has 0 aromatic heterocycles. The van der Waals surface area contributed by atoms with Gasteiger partial charge in [-0.2, -0.15) is 0 Å². The van der Waals surface area contributed by atoms with Crippen LogP contribution in [0.15, 0.2) is 18.2 Å². The Hall–Kier alpha value is -2.04. The first-order valence-electron chi connectivity index (χ1n) is 6.75. The van der Waals surface area contributed by atoms with E-state index in [-0.39, 0.29) is 11.9 Å². The zero-order valence-electron chi connectivity index (χ0n) is 11.8. The lowest BCUT2D eigenvalue weighted by Gasteiger charge is -2.28. The fourth-order valence-corrected chi connectivity index (χ4v) is 2.79. The van der Waals surface area contributed by atoms with Gasteiger partial charge in [-0.15, -0.1) is 0 Å². The molecule has 1 fully saturated rings. The second-order valence-electron chi connectivity index (χ2n) is 5.66. The van der Waals surface area contributed by atoms with Gasteiger partial charge in [-0.05, 0) is 44.4 Å². The largest absolute Gasteiger partial charge is 0.481 e. The van der Waals surface area contributed by atoms with Crippen molar-refractivity contribution in [1.29, 1.82) is 0 Å². The van der Waals surface area contributed by atoms with Gasteiger partial charge >= 0.3 is 5.97 Å². The van der Waals surface area contributed by atoms with Crippen molar-refractivity contribution in [3.8, 4) is 0 Å². The first-order chi connectivity index (χ1) is 9.36. The number of hydrogen-bond acceptors (Lipinski definition) is 3. The SMILES string of the molecule is Cc1c(N)cccc1C(=O)NC1CCCC1(C)C(=O)O. The molecule has 0 heterocycles. The Morgan fingerprint density at radius 2 is 2.15 bits per heavy atom. The predicted molar refractivity (Wildman–Crippen MR) is 76.4 cm³/mol. The van der Waals surface area contributed by atoms with Crippen LogP contribution >= 0.6 is 0 Å². The molecular weight excluding hydrogens is 256 g/mol. The van der Waals surface area contributed by atoms with Crippen molar-refractivity contribution in [3.05, 3.63) is 29.3 Å². The quantitative estimate of drug-likeness (QED) is 0.736. The standard InChI is InChI=1S/C15H20N2O3/c1-9-10(5-3-6-11(9)16)13(18)17-12-7-4-8-15(12,2)14(19)20/h3,5-6,12H,4,7-8,16H2,1-2H3,(H,17,18)(H,19,20). The van der Waals surface area contributed by atoms with E-state index in [1.807, 2.05) is 0 Å². The Morgan fingerprint density at radius 1 is 1.45 bits per heavy atom. The zero-order valence-corrected chi connectivity index (χ0v) is 11.8. The molecule has 5 nitrogen and oxygen atoms in total. The number of rotatable bonds is 3. The molecule has 0 bridgehead atoms. The molecule has 1 amide bonds. The van der Waals surface area contributed by atoms with Crippen LogP contribution in [0.2, 0.25) is 0 Å². The van der Waals surface area contributed by atoms with E-state index < -0.39 is 11.4 Å². The predicted octanol–water partition coefficient (Wildman–Crippen LogP) is 1.95. The molecular formula is C15H20N2O3. The molecule has 1 aromatic carbocycles. The van der Waals surface area contributed by atoms with Crippen LogP contribution in [-0.2, 0) is 4.79 Å². The monoisotopic (exact) mass is 276 g/mol. The molecule has 0 radical (unpaired) electrons. The molecule has 1 aliphatic rings. The Balaban J connectivity index is 2.20. The fraction of sp³-hybridized carbons (Fsp3) is 0.467. The lowest BCUT2D eigenvalue weighted by atomic mass is 9.84. The Bertz CT molecular complexity index is 556. The van der Waals surface area contributed by atoms with Gasteiger partial charge in [0.15, 0.2) is 0 Å². The third-order valence-electron chi connectivity index (χ3n) is 4.37. The van der Waals surface area contributed by atoms with Crippen molar-refractivity contribution in [2.24, 2.45) is 5.41 Å². The number of carboxylic acids is 1. The van der Waals surface area contributed by atoms with Crippen molar-refractivity contribution < 1.29 is 14.7 Å². The molecule has 5 heteroatoms. The Labute approximate surface area is 118 Å². The van der Waals surface area contributed by atoms with Crippen LogP contribution < -0.4 is 11.1 Å². The lowest BCUT2D eigenvalue weighted by molar-refractivity contribution is -0.148. The molecule has 108 valence electrons. The van der Waals surface area contributed by atoms with E-state index in [2.05, 4.69) is 5.32 Å². The summed E-state index contributed by atoms with van der Waals surface area (Å²) in [5.41, 5.74) is 6.70. The third kappa shape index (κ3) is 2.35. The first-order valence-corrected chi connectivity index (χ1v) is 6.75. The molecule has 20 heavy (non-hydrogen) atoms. The molecule has 0 saturated heterocycles. The van der Waals surface area contributed by atoms with Gasteiger partial charge in [0.25, 0.3) is 5.91 Å². The normalized spacial score (nSPS) is 25.4. The summed E-state index contributed by atoms with van der Waals surface area (Å²) in [5.74, 6) is -1.11. The number of benzene rings is 1. The van der Waals surface area contributed by atoms with Crippen molar-refractivity contribution in [2.75, 3.05) is 5.73 Å². The number of carbonyl (C=O) groups is 2. The van der Waals surface area contributed by atoms with Crippen molar-refractivity contribution in [2.45, 2.75) is 39.2 Å². The number of hydrogen-bond donors (Lipinski definition) is 3. The van der Waals surface area contributed by atoms with Crippen LogP contribution in [0.5, 0.6) is 0 Å². The first kappa shape index (κ1) is 14.4. The second kappa shape index (κ2) is 5.15. The van der Waals surface area contributed by atoms with E-state index >= 15 is 0 Å². The minimum atomic E-state index is -0.885. The maximum Gasteiger partial charge on any atom is 0.311 e. The Kier molecular flexibility index (Phi) is 3.70. The minimum absolute atomic E-state index is 0.255. The molecule has 2 atom stereocenters. The summed E-state index contributed by atoms with van der Waals surface area (Å²) in [6.45, 7) is 3.48. The maximum atomic E-state index is 12.3. The van der Waals surface area contributed by atoms with E-state index in [1.54, 1.807) is 32.0 Å². The average Bonchev–Trinajstić information content (AvgIpc) is 2.75. The molecule has 1 aliphatic carbocycles. The van der Waals surface area contributed by atoms with Crippen molar-refractivity contribution in [1.82, 2.24) is 5.32 Å². The van der Waals surface area contributed by atoms with Crippen LogP contribution in [0.1, 0.15) is 42.1 Å². The van der Waals surface area contributed by atoms with Gasteiger partial charge in [0.05, 0.1) is 5.41 Å².